The first-order valence-electron chi connectivity index (χ1n) is 4.45. The van der Waals surface area contributed by atoms with Crippen molar-refractivity contribution >= 4 is 11.6 Å². The minimum absolute atomic E-state index is 0.0726. The van der Waals surface area contributed by atoms with E-state index in [0.29, 0.717) is 0 Å². The van der Waals surface area contributed by atoms with Gasteiger partial charge in [-0.2, -0.15) is 8.78 Å². The van der Waals surface area contributed by atoms with Crippen LogP contribution in [0.2, 0.25) is 0 Å². The second-order valence-electron chi connectivity index (χ2n) is 3.47. The number of hydrogen-bond donors (Lipinski definition) is 2. The molecule has 0 saturated carbocycles. The Morgan fingerprint density at radius 1 is 1.47 bits per heavy atom. The number of benzene rings is 1. The molecule has 5 heteroatoms. The van der Waals surface area contributed by atoms with E-state index in [1.807, 2.05) is 0 Å². The largest absolute Gasteiger partial charge is 0.389 e. The molecule has 0 radical (unpaired) electrons. The first kappa shape index (κ1) is 10.0. The number of anilines is 1. The highest BCUT2D eigenvalue weighted by Gasteiger charge is 2.50. The predicted octanol–water partition coefficient (Wildman–Crippen LogP) is 1.78. The van der Waals surface area contributed by atoms with Gasteiger partial charge in [0.1, 0.15) is 0 Å². The Labute approximate surface area is 84.7 Å². The molecule has 1 aromatic carbocycles. The van der Waals surface area contributed by atoms with Crippen LogP contribution in [-0.2, 0) is 10.7 Å². The van der Waals surface area contributed by atoms with Gasteiger partial charge in [-0.05, 0) is 18.6 Å². The van der Waals surface area contributed by atoms with E-state index in [-0.39, 0.29) is 11.3 Å². The van der Waals surface area contributed by atoms with Crippen LogP contribution in [0.4, 0.5) is 14.5 Å². The lowest BCUT2D eigenvalue weighted by molar-refractivity contribution is -0.139. The number of halogens is 2. The zero-order valence-corrected chi connectivity index (χ0v) is 7.92. The Balaban J connectivity index is 2.67. The topological polar surface area (TPSA) is 49.3 Å². The van der Waals surface area contributed by atoms with Crippen LogP contribution >= 0.6 is 0 Å². The van der Waals surface area contributed by atoms with Gasteiger partial charge in [0.25, 0.3) is 5.91 Å². The molecule has 15 heavy (non-hydrogen) atoms. The third kappa shape index (κ3) is 1.31. The zero-order valence-electron chi connectivity index (χ0n) is 7.92. The standard InChI is InChI=1S/C10H9F2NO2/c1-5(14)6-3-2-4-7-8(6)10(11,12)9(15)13-7/h2-5,14H,1H3,(H,13,15). The molecule has 0 aliphatic carbocycles. The lowest BCUT2D eigenvalue weighted by Crippen LogP contribution is -2.25. The fourth-order valence-electron chi connectivity index (χ4n) is 1.69. The van der Waals surface area contributed by atoms with Gasteiger partial charge in [0.15, 0.2) is 0 Å². The van der Waals surface area contributed by atoms with E-state index in [1.54, 1.807) is 0 Å². The number of fused-ring (bicyclic) bond motifs is 1. The van der Waals surface area contributed by atoms with E-state index in [9.17, 15) is 18.7 Å². The molecular weight excluding hydrogens is 204 g/mol. The second-order valence-corrected chi connectivity index (χ2v) is 3.47. The van der Waals surface area contributed by atoms with Gasteiger partial charge in [0, 0.05) is 0 Å². The zero-order chi connectivity index (χ0) is 11.2. The highest BCUT2D eigenvalue weighted by Crippen LogP contribution is 2.43. The van der Waals surface area contributed by atoms with Gasteiger partial charge in [0.05, 0.1) is 17.4 Å². The number of alkyl halides is 2. The molecule has 1 heterocycles. The van der Waals surface area contributed by atoms with E-state index in [4.69, 9.17) is 0 Å². The minimum atomic E-state index is -3.55. The van der Waals surface area contributed by atoms with Gasteiger partial charge >= 0.3 is 5.92 Å². The fraction of sp³-hybridized carbons (Fsp3) is 0.300. The van der Waals surface area contributed by atoms with Crippen molar-refractivity contribution in [2.75, 3.05) is 5.32 Å². The number of hydrogen-bond acceptors (Lipinski definition) is 2. The number of rotatable bonds is 1. The fourth-order valence-corrected chi connectivity index (χ4v) is 1.69. The Kier molecular flexibility index (Phi) is 2.01. The maximum Gasteiger partial charge on any atom is 0.352 e. The summed E-state index contributed by atoms with van der Waals surface area (Å²) >= 11 is 0. The smallest absolute Gasteiger partial charge is 0.352 e. The normalized spacial score (nSPS) is 19.6. The lowest BCUT2D eigenvalue weighted by atomic mass is 9.99. The molecule has 1 unspecified atom stereocenters. The van der Waals surface area contributed by atoms with Crippen molar-refractivity contribution in [3.8, 4) is 0 Å². The maximum absolute atomic E-state index is 13.4. The van der Waals surface area contributed by atoms with Crippen molar-refractivity contribution in [3.63, 3.8) is 0 Å². The number of aliphatic hydroxyl groups excluding tert-OH is 1. The van der Waals surface area contributed by atoms with Gasteiger partial charge in [-0.25, -0.2) is 0 Å². The third-order valence-electron chi connectivity index (χ3n) is 2.39. The van der Waals surface area contributed by atoms with E-state index >= 15 is 0 Å². The predicted molar refractivity (Wildman–Crippen MR) is 49.6 cm³/mol. The third-order valence-corrected chi connectivity index (χ3v) is 2.39. The van der Waals surface area contributed by atoms with Crippen molar-refractivity contribution in [1.29, 1.82) is 0 Å². The average molecular weight is 213 g/mol. The van der Waals surface area contributed by atoms with Gasteiger partial charge in [-0.15, -0.1) is 0 Å². The van der Waals surface area contributed by atoms with Crippen LogP contribution < -0.4 is 5.32 Å². The molecule has 0 saturated heterocycles. The SMILES string of the molecule is CC(O)c1cccc2c1C(F)(F)C(=O)N2. The molecule has 1 amide bonds. The molecule has 1 atom stereocenters. The van der Waals surface area contributed by atoms with Crippen LogP contribution in [-0.4, -0.2) is 11.0 Å². The Morgan fingerprint density at radius 3 is 2.73 bits per heavy atom. The number of nitrogens with one attached hydrogen (secondary N) is 1. The summed E-state index contributed by atoms with van der Waals surface area (Å²) in [5.41, 5.74) is -0.260. The highest BCUT2D eigenvalue weighted by molar-refractivity contribution is 6.04. The molecule has 3 nitrogen and oxygen atoms in total. The summed E-state index contributed by atoms with van der Waals surface area (Å²) in [6.45, 7) is 1.38. The molecule has 1 aliphatic heterocycles. The van der Waals surface area contributed by atoms with Gasteiger partial charge < -0.3 is 10.4 Å². The summed E-state index contributed by atoms with van der Waals surface area (Å²) in [5.74, 6) is -4.89. The summed E-state index contributed by atoms with van der Waals surface area (Å²) in [5, 5.41) is 11.4. The Hall–Kier alpha value is -1.49. The molecule has 0 bridgehead atoms. The second kappa shape index (κ2) is 3.00. The van der Waals surface area contributed by atoms with E-state index in [0.717, 1.165) is 0 Å². The first-order chi connectivity index (χ1) is 6.94. The van der Waals surface area contributed by atoms with E-state index in [2.05, 4.69) is 5.32 Å². The number of aliphatic hydroxyl groups is 1. The summed E-state index contributed by atoms with van der Waals surface area (Å²) in [7, 11) is 0. The van der Waals surface area contributed by atoms with E-state index < -0.39 is 23.5 Å². The number of carbonyl (C=O) groups is 1. The molecule has 2 rings (SSSR count). The van der Waals surface area contributed by atoms with Crippen molar-refractivity contribution in [1.82, 2.24) is 0 Å². The van der Waals surface area contributed by atoms with Crippen molar-refractivity contribution < 1.29 is 18.7 Å². The summed E-state index contributed by atoms with van der Waals surface area (Å²) in [4.78, 5) is 11.0. The first-order valence-corrected chi connectivity index (χ1v) is 4.45. The van der Waals surface area contributed by atoms with Crippen molar-refractivity contribution in [3.05, 3.63) is 29.3 Å². The molecule has 0 aromatic heterocycles. The summed E-state index contributed by atoms with van der Waals surface area (Å²) in [6, 6.07) is 4.29. The summed E-state index contributed by atoms with van der Waals surface area (Å²) in [6.07, 6.45) is -1.03. The highest BCUT2D eigenvalue weighted by atomic mass is 19.3. The van der Waals surface area contributed by atoms with Crippen molar-refractivity contribution in [2.45, 2.75) is 19.0 Å². The Morgan fingerprint density at radius 2 is 2.13 bits per heavy atom. The molecule has 2 N–H and O–H groups in total. The monoisotopic (exact) mass is 213 g/mol. The van der Waals surface area contributed by atoms with E-state index in [1.165, 1.54) is 25.1 Å². The van der Waals surface area contributed by atoms with Crippen LogP contribution in [0.25, 0.3) is 0 Å². The van der Waals surface area contributed by atoms with Crippen LogP contribution in [0.5, 0.6) is 0 Å². The van der Waals surface area contributed by atoms with Crippen LogP contribution in [0, 0.1) is 0 Å². The average Bonchev–Trinajstić information content (AvgIpc) is 2.38. The lowest BCUT2D eigenvalue weighted by Gasteiger charge is -2.13. The minimum Gasteiger partial charge on any atom is -0.389 e. The van der Waals surface area contributed by atoms with Gasteiger partial charge in [-0.3, -0.25) is 4.79 Å². The van der Waals surface area contributed by atoms with Crippen LogP contribution in [0.15, 0.2) is 18.2 Å². The maximum atomic E-state index is 13.4. The number of amides is 1. The molecular formula is C10H9F2NO2. The van der Waals surface area contributed by atoms with Gasteiger partial charge in [0.2, 0.25) is 0 Å². The van der Waals surface area contributed by atoms with Crippen LogP contribution in [0.3, 0.4) is 0 Å². The van der Waals surface area contributed by atoms with Gasteiger partial charge in [-0.1, -0.05) is 12.1 Å². The van der Waals surface area contributed by atoms with Crippen molar-refractivity contribution in [2.24, 2.45) is 0 Å². The molecule has 1 aromatic rings. The molecule has 1 aliphatic rings. The summed E-state index contributed by atoms with van der Waals surface area (Å²) < 4.78 is 26.9. The number of carbonyl (C=O) groups excluding carboxylic acids is 1. The quantitative estimate of drug-likeness (QED) is 0.747. The van der Waals surface area contributed by atoms with Crippen LogP contribution in [0.1, 0.15) is 24.2 Å². The molecule has 0 spiro atoms. The molecule has 80 valence electrons. The molecule has 0 fully saturated rings. The Bertz CT molecular complexity index is 429.